The van der Waals surface area contributed by atoms with Crippen molar-refractivity contribution in [2.24, 2.45) is 0 Å². The Balaban J connectivity index is 1.33. The van der Waals surface area contributed by atoms with Gasteiger partial charge in [-0.3, -0.25) is 19.9 Å². The van der Waals surface area contributed by atoms with Crippen LogP contribution in [0.4, 0.5) is 11.4 Å². The van der Waals surface area contributed by atoms with E-state index < -0.39 is 0 Å². The van der Waals surface area contributed by atoms with E-state index in [-0.39, 0.29) is 5.91 Å². The van der Waals surface area contributed by atoms with E-state index in [1.165, 1.54) is 11.1 Å². The molecule has 194 valence electrons. The Bertz CT molecular complexity index is 1600. The molecule has 5 aromatic rings. The summed E-state index contributed by atoms with van der Waals surface area (Å²) >= 11 is 0. The average molecular weight is 509 g/mol. The number of carbonyl (C=O) groups is 1. The Morgan fingerprint density at radius 1 is 1.03 bits per heavy atom. The third-order valence-electron chi connectivity index (χ3n) is 7.26. The quantitative estimate of drug-likeness (QED) is 0.284. The van der Waals surface area contributed by atoms with Gasteiger partial charge in [-0.15, -0.1) is 0 Å². The van der Waals surface area contributed by atoms with Crippen LogP contribution in [-0.4, -0.2) is 69.2 Å². The van der Waals surface area contributed by atoms with Crippen molar-refractivity contribution in [2.75, 3.05) is 43.4 Å². The number of fused-ring (bicyclic) bond motifs is 2. The SMILES string of the molecule is CCCCC(=O)Nc1cncc(-c2cc3c(-c4cc5c(N6CCN(C)CC6)cccc5[nH]4)n[nH]c3cn2)c1. The molecule has 4 aromatic heterocycles. The van der Waals surface area contributed by atoms with Gasteiger partial charge in [-0.05, 0) is 43.8 Å². The van der Waals surface area contributed by atoms with E-state index >= 15 is 0 Å². The molecule has 1 aromatic carbocycles. The highest BCUT2D eigenvalue weighted by Gasteiger charge is 2.19. The predicted octanol–water partition coefficient (Wildman–Crippen LogP) is 5.05. The molecule has 9 heteroatoms. The first kappa shape index (κ1) is 24.1. The van der Waals surface area contributed by atoms with Gasteiger partial charge >= 0.3 is 0 Å². The van der Waals surface area contributed by atoms with Gasteiger partial charge in [0.25, 0.3) is 0 Å². The number of aromatic nitrogens is 5. The molecule has 9 nitrogen and oxygen atoms in total. The van der Waals surface area contributed by atoms with E-state index in [0.717, 1.165) is 78.1 Å². The number of unbranched alkanes of at least 4 members (excludes halogenated alkanes) is 1. The monoisotopic (exact) mass is 508 g/mol. The number of carbonyl (C=O) groups excluding carboxylic acids is 1. The first-order chi connectivity index (χ1) is 18.6. The predicted molar refractivity (Wildman–Crippen MR) is 152 cm³/mol. The molecular weight excluding hydrogens is 476 g/mol. The summed E-state index contributed by atoms with van der Waals surface area (Å²) in [5.74, 6) is 0.00101. The number of benzene rings is 1. The largest absolute Gasteiger partial charge is 0.368 e. The number of hydrogen-bond acceptors (Lipinski definition) is 6. The third-order valence-corrected chi connectivity index (χ3v) is 7.26. The molecule has 0 atom stereocenters. The van der Waals surface area contributed by atoms with E-state index in [4.69, 9.17) is 0 Å². The Morgan fingerprint density at radius 2 is 1.89 bits per heavy atom. The number of pyridine rings is 2. The van der Waals surface area contributed by atoms with E-state index in [0.29, 0.717) is 12.1 Å². The normalized spacial score (nSPS) is 14.4. The van der Waals surface area contributed by atoms with Gasteiger partial charge in [0.15, 0.2) is 0 Å². The molecule has 0 radical (unpaired) electrons. The smallest absolute Gasteiger partial charge is 0.224 e. The zero-order valence-electron chi connectivity index (χ0n) is 21.8. The molecule has 5 heterocycles. The molecule has 0 spiro atoms. The zero-order chi connectivity index (χ0) is 26.1. The Labute approximate surface area is 221 Å². The number of nitrogens with one attached hydrogen (secondary N) is 3. The van der Waals surface area contributed by atoms with E-state index in [1.54, 1.807) is 18.6 Å². The van der Waals surface area contributed by atoms with Crippen LogP contribution in [0, 0.1) is 0 Å². The number of H-pyrrole nitrogens is 2. The molecule has 0 saturated carbocycles. The van der Waals surface area contributed by atoms with Crippen LogP contribution in [0.3, 0.4) is 0 Å². The van der Waals surface area contributed by atoms with Gasteiger partial charge in [0.1, 0.15) is 5.69 Å². The highest BCUT2D eigenvalue weighted by molar-refractivity contribution is 6.00. The molecule has 38 heavy (non-hydrogen) atoms. The second kappa shape index (κ2) is 10.3. The van der Waals surface area contributed by atoms with Crippen molar-refractivity contribution in [3.63, 3.8) is 0 Å². The number of aromatic amines is 2. The van der Waals surface area contributed by atoms with Crippen molar-refractivity contribution in [3.8, 4) is 22.6 Å². The third kappa shape index (κ3) is 4.72. The minimum absolute atomic E-state index is 0.00101. The fourth-order valence-electron chi connectivity index (χ4n) is 5.08. The maximum atomic E-state index is 12.2. The average Bonchev–Trinajstić information content (AvgIpc) is 3.56. The maximum absolute atomic E-state index is 12.2. The summed E-state index contributed by atoms with van der Waals surface area (Å²) in [4.78, 5) is 29.6. The lowest BCUT2D eigenvalue weighted by molar-refractivity contribution is -0.116. The maximum Gasteiger partial charge on any atom is 0.224 e. The van der Waals surface area contributed by atoms with Crippen LogP contribution < -0.4 is 10.2 Å². The topological polar surface area (TPSA) is 106 Å². The number of hydrogen-bond donors (Lipinski definition) is 3. The highest BCUT2D eigenvalue weighted by atomic mass is 16.1. The second-order valence-electron chi connectivity index (χ2n) is 10.0. The zero-order valence-corrected chi connectivity index (χ0v) is 21.8. The van der Waals surface area contributed by atoms with Gasteiger partial charge < -0.3 is 20.1 Å². The first-order valence-electron chi connectivity index (χ1n) is 13.2. The van der Waals surface area contributed by atoms with Crippen molar-refractivity contribution in [1.29, 1.82) is 0 Å². The Hall–Kier alpha value is -4.24. The van der Waals surface area contributed by atoms with Gasteiger partial charge in [-0.25, -0.2) is 0 Å². The van der Waals surface area contributed by atoms with Crippen LogP contribution in [0.5, 0.6) is 0 Å². The molecule has 1 aliphatic heterocycles. The van der Waals surface area contributed by atoms with Crippen LogP contribution >= 0.6 is 0 Å². The van der Waals surface area contributed by atoms with Crippen molar-refractivity contribution in [2.45, 2.75) is 26.2 Å². The van der Waals surface area contributed by atoms with Crippen LogP contribution in [0.25, 0.3) is 44.5 Å². The van der Waals surface area contributed by atoms with Crippen molar-refractivity contribution in [3.05, 3.63) is 55.0 Å². The molecule has 0 unspecified atom stereocenters. The lowest BCUT2D eigenvalue weighted by Crippen LogP contribution is -2.44. The lowest BCUT2D eigenvalue weighted by Gasteiger charge is -2.34. The van der Waals surface area contributed by atoms with Gasteiger partial charge in [0.2, 0.25) is 5.91 Å². The van der Waals surface area contributed by atoms with Gasteiger partial charge in [0.05, 0.1) is 35.0 Å². The summed E-state index contributed by atoms with van der Waals surface area (Å²) in [6, 6.07) is 12.6. The summed E-state index contributed by atoms with van der Waals surface area (Å²) in [5.41, 5.74) is 7.29. The summed E-state index contributed by atoms with van der Waals surface area (Å²) in [7, 11) is 2.17. The fraction of sp³-hybridized carbons (Fsp3) is 0.310. The van der Waals surface area contributed by atoms with Gasteiger partial charge in [0, 0.05) is 66.3 Å². The van der Waals surface area contributed by atoms with E-state index in [2.05, 4.69) is 78.5 Å². The molecule has 0 bridgehead atoms. The molecule has 6 rings (SSSR count). The lowest BCUT2D eigenvalue weighted by atomic mass is 10.1. The summed E-state index contributed by atoms with van der Waals surface area (Å²) in [5, 5.41) is 12.9. The summed E-state index contributed by atoms with van der Waals surface area (Å²) < 4.78 is 0. The highest BCUT2D eigenvalue weighted by Crippen LogP contribution is 2.34. The van der Waals surface area contributed by atoms with Gasteiger partial charge in [-0.2, -0.15) is 5.10 Å². The second-order valence-corrected chi connectivity index (χ2v) is 10.0. The first-order valence-corrected chi connectivity index (χ1v) is 13.2. The number of anilines is 2. The molecule has 1 saturated heterocycles. The molecule has 1 fully saturated rings. The van der Waals surface area contributed by atoms with Crippen molar-refractivity contribution in [1.82, 2.24) is 30.0 Å². The number of rotatable bonds is 7. The number of likely N-dealkylation sites (N-methyl/N-ethyl adjacent to an activating group) is 1. The molecular formula is C29H32N8O. The van der Waals surface area contributed by atoms with Crippen LogP contribution in [0.2, 0.25) is 0 Å². The standard InChI is InChI=1S/C29H32N8O/c1-3-4-8-28(38)32-20-13-19(16-30-17-20)24-15-22-26(18-31-24)34-35-29(22)25-14-21-23(33-25)6-5-7-27(21)37-11-9-36(2)10-12-37/h5-7,13-18,33H,3-4,8-12H2,1-2H3,(H,32,38)(H,34,35). The number of nitrogens with zero attached hydrogens (tertiary/aromatic N) is 5. The summed E-state index contributed by atoms with van der Waals surface area (Å²) in [6.07, 6.45) is 7.58. The molecule has 0 aliphatic carbocycles. The number of piperazine rings is 1. The summed E-state index contributed by atoms with van der Waals surface area (Å²) in [6.45, 7) is 6.23. The minimum Gasteiger partial charge on any atom is -0.368 e. The van der Waals surface area contributed by atoms with E-state index in [9.17, 15) is 4.79 Å². The van der Waals surface area contributed by atoms with Crippen LogP contribution in [0.15, 0.2) is 55.0 Å². The molecule has 1 amide bonds. The Morgan fingerprint density at radius 3 is 2.74 bits per heavy atom. The number of amides is 1. The Kier molecular flexibility index (Phi) is 6.51. The van der Waals surface area contributed by atoms with Crippen molar-refractivity contribution < 1.29 is 4.79 Å². The minimum atomic E-state index is 0.00101. The molecule has 1 aliphatic rings. The van der Waals surface area contributed by atoms with Gasteiger partial charge in [-0.1, -0.05) is 19.4 Å². The van der Waals surface area contributed by atoms with Crippen LogP contribution in [-0.2, 0) is 4.79 Å². The van der Waals surface area contributed by atoms with E-state index in [1.807, 2.05) is 12.1 Å². The van der Waals surface area contributed by atoms with Crippen LogP contribution in [0.1, 0.15) is 26.2 Å². The van der Waals surface area contributed by atoms with Crippen molar-refractivity contribution >= 4 is 39.1 Å². The molecule has 3 N–H and O–H groups in total. The fourth-order valence-corrected chi connectivity index (χ4v) is 5.08.